The molecule has 2 aromatic carbocycles. The SMILES string of the molecule is O=C1CC2(CCC(c3nc4ccc(C(F)(F)F)cc4[nH]3)CC2)CN1c1ccccc1. The van der Waals surface area contributed by atoms with Gasteiger partial charge in [-0.2, -0.15) is 13.2 Å². The minimum atomic E-state index is -4.36. The second kappa shape index (κ2) is 6.86. The first kappa shape index (κ1) is 19.2. The first-order chi connectivity index (χ1) is 14.3. The van der Waals surface area contributed by atoms with Crippen LogP contribution in [0.5, 0.6) is 0 Å². The second-order valence-corrected chi connectivity index (χ2v) is 8.62. The molecule has 2 fully saturated rings. The van der Waals surface area contributed by atoms with Gasteiger partial charge in [0.05, 0.1) is 16.6 Å². The van der Waals surface area contributed by atoms with Crippen LogP contribution in [-0.2, 0) is 11.0 Å². The van der Waals surface area contributed by atoms with E-state index >= 15 is 0 Å². The smallest absolute Gasteiger partial charge is 0.342 e. The largest absolute Gasteiger partial charge is 0.416 e. The van der Waals surface area contributed by atoms with Crippen LogP contribution in [0.4, 0.5) is 18.9 Å². The van der Waals surface area contributed by atoms with E-state index in [-0.39, 0.29) is 17.2 Å². The van der Waals surface area contributed by atoms with Crippen LogP contribution in [0.25, 0.3) is 11.0 Å². The molecule has 1 aliphatic carbocycles. The zero-order valence-electron chi connectivity index (χ0n) is 16.4. The second-order valence-electron chi connectivity index (χ2n) is 8.62. The lowest BCUT2D eigenvalue weighted by atomic mass is 9.69. The summed E-state index contributed by atoms with van der Waals surface area (Å²) in [5, 5.41) is 0. The van der Waals surface area contributed by atoms with Gasteiger partial charge in [0.15, 0.2) is 0 Å². The normalized spacial score (nSPS) is 24.8. The predicted molar refractivity (Wildman–Crippen MR) is 108 cm³/mol. The number of aromatic nitrogens is 2. The number of fused-ring (bicyclic) bond motifs is 1. The van der Waals surface area contributed by atoms with Crippen molar-refractivity contribution in [3.05, 3.63) is 59.9 Å². The molecule has 30 heavy (non-hydrogen) atoms. The summed E-state index contributed by atoms with van der Waals surface area (Å²) in [6.45, 7) is 0.734. The molecule has 4 nitrogen and oxygen atoms in total. The lowest BCUT2D eigenvalue weighted by molar-refractivity contribution is -0.137. The van der Waals surface area contributed by atoms with Gasteiger partial charge >= 0.3 is 6.18 Å². The molecule has 5 rings (SSSR count). The zero-order valence-corrected chi connectivity index (χ0v) is 16.4. The number of alkyl halides is 3. The van der Waals surface area contributed by atoms with Gasteiger partial charge in [0, 0.05) is 24.6 Å². The van der Waals surface area contributed by atoms with Crippen LogP contribution in [0.15, 0.2) is 48.5 Å². The van der Waals surface area contributed by atoms with Crippen LogP contribution < -0.4 is 4.90 Å². The van der Waals surface area contributed by atoms with Crippen molar-refractivity contribution >= 4 is 22.6 Å². The van der Waals surface area contributed by atoms with E-state index in [9.17, 15) is 18.0 Å². The molecule has 0 atom stereocenters. The number of nitrogens with one attached hydrogen (secondary N) is 1. The van der Waals surface area contributed by atoms with Crippen molar-refractivity contribution in [1.29, 1.82) is 0 Å². The first-order valence-corrected chi connectivity index (χ1v) is 10.3. The lowest BCUT2D eigenvalue weighted by Crippen LogP contribution is -2.31. The topological polar surface area (TPSA) is 49.0 Å². The van der Waals surface area contributed by atoms with Gasteiger partial charge in [-0.25, -0.2) is 4.98 Å². The number of carbonyl (C=O) groups is 1. The molecule has 0 unspecified atom stereocenters. The molecule has 2 aliphatic rings. The number of hydrogen-bond acceptors (Lipinski definition) is 2. The fourth-order valence-corrected chi connectivity index (χ4v) is 4.98. The number of halogens is 3. The molecule has 0 radical (unpaired) electrons. The summed E-state index contributed by atoms with van der Waals surface area (Å²) in [6.07, 6.45) is -0.223. The number of amides is 1. The van der Waals surface area contributed by atoms with E-state index in [4.69, 9.17) is 0 Å². The Bertz CT molecular complexity index is 1080. The number of benzene rings is 2. The molecule has 156 valence electrons. The minimum Gasteiger partial charge on any atom is -0.342 e. The molecule has 7 heteroatoms. The molecule has 3 aromatic rings. The van der Waals surface area contributed by atoms with Crippen molar-refractivity contribution < 1.29 is 18.0 Å². The third-order valence-corrected chi connectivity index (χ3v) is 6.65. The third-order valence-electron chi connectivity index (χ3n) is 6.65. The van der Waals surface area contributed by atoms with Gasteiger partial charge in [-0.3, -0.25) is 4.79 Å². The molecule has 1 aliphatic heterocycles. The Kier molecular flexibility index (Phi) is 4.38. The summed E-state index contributed by atoms with van der Waals surface area (Å²) >= 11 is 0. The van der Waals surface area contributed by atoms with Crippen LogP contribution >= 0.6 is 0 Å². The highest BCUT2D eigenvalue weighted by molar-refractivity contribution is 5.96. The van der Waals surface area contributed by atoms with Crippen molar-refractivity contribution in [3.8, 4) is 0 Å². The highest BCUT2D eigenvalue weighted by Crippen LogP contribution is 2.49. The summed E-state index contributed by atoms with van der Waals surface area (Å²) in [5.74, 6) is 1.10. The Hall–Kier alpha value is -2.83. The van der Waals surface area contributed by atoms with E-state index in [1.807, 2.05) is 35.2 Å². The van der Waals surface area contributed by atoms with Gasteiger partial charge in [-0.05, 0) is 61.4 Å². The van der Waals surface area contributed by atoms with Gasteiger partial charge in [0.1, 0.15) is 5.82 Å². The van der Waals surface area contributed by atoms with Gasteiger partial charge in [0.2, 0.25) is 5.91 Å². The highest BCUT2D eigenvalue weighted by Gasteiger charge is 2.46. The first-order valence-electron chi connectivity index (χ1n) is 10.3. The van der Waals surface area contributed by atoms with Crippen LogP contribution in [0, 0.1) is 5.41 Å². The Morgan fingerprint density at radius 1 is 1.07 bits per heavy atom. The van der Waals surface area contributed by atoms with Crippen molar-refractivity contribution in [3.63, 3.8) is 0 Å². The summed E-state index contributed by atoms with van der Waals surface area (Å²) in [7, 11) is 0. The fourth-order valence-electron chi connectivity index (χ4n) is 4.98. The predicted octanol–water partition coefficient (Wildman–Crippen LogP) is 5.66. The molecule has 1 N–H and O–H groups in total. The number of H-pyrrole nitrogens is 1. The summed E-state index contributed by atoms with van der Waals surface area (Å²) in [5.41, 5.74) is 1.24. The Morgan fingerprint density at radius 2 is 1.80 bits per heavy atom. The molecule has 1 spiro atoms. The van der Waals surface area contributed by atoms with Gasteiger partial charge < -0.3 is 9.88 Å². The molecule has 1 aromatic heterocycles. The Labute approximate surface area is 172 Å². The van der Waals surface area contributed by atoms with Crippen LogP contribution in [-0.4, -0.2) is 22.4 Å². The maximum atomic E-state index is 13.0. The zero-order chi connectivity index (χ0) is 20.9. The summed E-state index contributed by atoms with van der Waals surface area (Å²) in [6, 6.07) is 13.4. The fraction of sp³-hybridized carbons (Fsp3) is 0.391. The Balaban J connectivity index is 1.31. The van der Waals surface area contributed by atoms with Gasteiger partial charge in [0.25, 0.3) is 0 Å². The molecule has 0 bridgehead atoms. The van der Waals surface area contributed by atoms with Crippen molar-refractivity contribution in [1.82, 2.24) is 9.97 Å². The number of para-hydroxylation sites is 1. The van der Waals surface area contributed by atoms with E-state index in [0.717, 1.165) is 55.9 Å². The van der Waals surface area contributed by atoms with Crippen molar-refractivity contribution in [2.45, 2.75) is 44.2 Å². The summed E-state index contributed by atoms with van der Waals surface area (Å²) < 4.78 is 38.9. The number of carbonyl (C=O) groups excluding carboxylic acids is 1. The van der Waals surface area contributed by atoms with Crippen molar-refractivity contribution in [2.75, 3.05) is 11.4 Å². The van der Waals surface area contributed by atoms with Crippen LogP contribution in [0.2, 0.25) is 0 Å². The van der Waals surface area contributed by atoms with E-state index < -0.39 is 11.7 Å². The van der Waals surface area contributed by atoms with Gasteiger partial charge in [-0.15, -0.1) is 0 Å². The van der Waals surface area contributed by atoms with Crippen LogP contribution in [0.1, 0.15) is 49.4 Å². The summed E-state index contributed by atoms with van der Waals surface area (Å²) in [4.78, 5) is 22.2. The third kappa shape index (κ3) is 3.36. The number of imidazole rings is 1. The highest BCUT2D eigenvalue weighted by atomic mass is 19.4. The van der Waals surface area contributed by atoms with E-state index in [1.54, 1.807) is 0 Å². The molecular formula is C23H22F3N3O. The minimum absolute atomic E-state index is 0.0150. The maximum absolute atomic E-state index is 13.0. The molecule has 1 saturated carbocycles. The standard InChI is InChI=1S/C23H22F3N3O/c24-23(25,26)16-6-7-18-19(12-16)28-21(27-18)15-8-10-22(11-9-15)13-20(30)29(14-22)17-4-2-1-3-5-17/h1-7,12,15H,8-11,13-14H2,(H,27,28). The van der Waals surface area contributed by atoms with E-state index in [0.29, 0.717) is 17.5 Å². The van der Waals surface area contributed by atoms with Crippen molar-refractivity contribution in [2.24, 2.45) is 5.41 Å². The lowest BCUT2D eigenvalue weighted by Gasteiger charge is -2.36. The van der Waals surface area contributed by atoms with E-state index in [2.05, 4.69) is 9.97 Å². The monoisotopic (exact) mass is 413 g/mol. The number of anilines is 1. The molecule has 2 heterocycles. The average molecular weight is 413 g/mol. The number of nitrogens with zero attached hydrogens (tertiary/aromatic N) is 2. The average Bonchev–Trinajstić information content (AvgIpc) is 3.29. The quantitative estimate of drug-likeness (QED) is 0.589. The van der Waals surface area contributed by atoms with E-state index in [1.165, 1.54) is 6.07 Å². The molecule has 1 saturated heterocycles. The Morgan fingerprint density at radius 3 is 2.50 bits per heavy atom. The van der Waals surface area contributed by atoms with Crippen LogP contribution in [0.3, 0.4) is 0 Å². The number of hydrogen-bond donors (Lipinski definition) is 1. The number of rotatable bonds is 2. The number of aromatic amines is 1. The maximum Gasteiger partial charge on any atom is 0.416 e. The van der Waals surface area contributed by atoms with Gasteiger partial charge in [-0.1, -0.05) is 18.2 Å². The molecule has 1 amide bonds. The molecular weight excluding hydrogens is 391 g/mol.